The summed E-state index contributed by atoms with van der Waals surface area (Å²) < 4.78 is 6.71. The molecule has 1 amide bonds. The third-order valence-corrected chi connectivity index (χ3v) is 4.42. The van der Waals surface area contributed by atoms with Crippen molar-refractivity contribution < 1.29 is 19.4 Å². The fourth-order valence-electron chi connectivity index (χ4n) is 3.10. The van der Waals surface area contributed by atoms with Gasteiger partial charge in [-0.2, -0.15) is 0 Å². The van der Waals surface area contributed by atoms with Gasteiger partial charge >= 0.3 is 12.1 Å². The van der Waals surface area contributed by atoms with E-state index in [-0.39, 0.29) is 11.8 Å². The first kappa shape index (κ1) is 16.2. The molecule has 0 aliphatic carbocycles. The van der Waals surface area contributed by atoms with E-state index in [1.807, 2.05) is 18.2 Å². The average Bonchev–Trinajstić information content (AvgIpc) is 2.92. The van der Waals surface area contributed by atoms with E-state index in [1.165, 1.54) is 0 Å². The van der Waals surface area contributed by atoms with Crippen LogP contribution in [0.1, 0.15) is 17.4 Å². The number of carboxylic acids is 1. The molecular weight excluding hydrogens is 310 g/mol. The molecule has 2 heterocycles. The predicted octanol–water partition coefficient (Wildman–Crippen LogP) is 2.16. The molecule has 0 unspecified atom stereocenters. The molecule has 1 N–H and O–H groups in total. The number of anilines is 1. The third-order valence-electron chi connectivity index (χ3n) is 4.42. The van der Waals surface area contributed by atoms with Gasteiger partial charge in [-0.25, -0.2) is 9.59 Å². The van der Waals surface area contributed by atoms with Crippen molar-refractivity contribution in [3.8, 4) is 0 Å². The van der Waals surface area contributed by atoms with Gasteiger partial charge in [-0.15, -0.1) is 0 Å². The fourth-order valence-corrected chi connectivity index (χ4v) is 3.10. The minimum absolute atomic E-state index is 0.262. The number of carbonyl (C=O) groups is 2. The highest BCUT2D eigenvalue weighted by atomic mass is 16.6. The van der Waals surface area contributed by atoms with Crippen LogP contribution in [0.15, 0.2) is 24.3 Å². The number of hydrogen-bond donors (Lipinski definition) is 1. The summed E-state index contributed by atoms with van der Waals surface area (Å²) >= 11 is 0. The molecule has 1 aromatic heterocycles. The van der Waals surface area contributed by atoms with Gasteiger partial charge in [0.25, 0.3) is 0 Å². The Morgan fingerprint density at radius 2 is 1.88 bits per heavy atom. The lowest BCUT2D eigenvalue weighted by Crippen LogP contribution is -2.49. The van der Waals surface area contributed by atoms with Crippen molar-refractivity contribution in [1.82, 2.24) is 9.47 Å². The first-order chi connectivity index (χ1) is 11.5. The van der Waals surface area contributed by atoms with Crippen LogP contribution in [0.25, 0.3) is 10.9 Å². The molecule has 0 bridgehead atoms. The lowest BCUT2D eigenvalue weighted by molar-refractivity contribution is 0.0687. The quantitative estimate of drug-likeness (QED) is 0.933. The smallest absolute Gasteiger partial charge is 0.409 e. The minimum atomic E-state index is -0.932. The van der Waals surface area contributed by atoms with Gasteiger partial charge in [0.05, 0.1) is 6.61 Å². The number of rotatable bonds is 3. The maximum atomic E-state index is 11.7. The minimum Gasteiger partial charge on any atom is -0.477 e. The number of fused-ring (bicyclic) bond motifs is 1. The van der Waals surface area contributed by atoms with Crippen LogP contribution in [-0.2, 0) is 11.8 Å². The summed E-state index contributed by atoms with van der Waals surface area (Å²) in [6.07, 6.45) is -0.262. The zero-order valence-electron chi connectivity index (χ0n) is 13.9. The van der Waals surface area contributed by atoms with Gasteiger partial charge in [-0.05, 0) is 31.2 Å². The predicted molar refractivity (Wildman–Crippen MR) is 90.7 cm³/mol. The molecule has 0 radical (unpaired) electrons. The van der Waals surface area contributed by atoms with Crippen molar-refractivity contribution >= 4 is 28.7 Å². The van der Waals surface area contributed by atoms with Gasteiger partial charge in [0.15, 0.2) is 0 Å². The average molecular weight is 331 g/mol. The van der Waals surface area contributed by atoms with Crippen molar-refractivity contribution in [2.75, 3.05) is 37.7 Å². The van der Waals surface area contributed by atoms with Gasteiger partial charge in [-0.1, -0.05) is 0 Å². The molecule has 1 saturated heterocycles. The lowest BCUT2D eigenvalue weighted by atomic mass is 10.2. The number of amides is 1. The lowest BCUT2D eigenvalue weighted by Gasteiger charge is -2.35. The molecule has 0 saturated carbocycles. The van der Waals surface area contributed by atoms with Crippen LogP contribution in [0.2, 0.25) is 0 Å². The largest absolute Gasteiger partial charge is 0.477 e. The highest BCUT2D eigenvalue weighted by Gasteiger charge is 2.22. The number of benzene rings is 1. The number of aryl methyl sites for hydroxylation is 1. The summed E-state index contributed by atoms with van der Waals surface area (Å²) in [7, 11) is 1.75. The Morgan fingerprint density at radius 3 is 2.50 bits per heavy atom. The highest BCUT2D eigenvalue weighted by molar-refractivity contribution is 5.95. The Bertz CT molecular complexity index is 775. The van der Waals surface area contributed by atoms with E-state index in [9.17, 15) is 14.7 Å². The van der Waals surface area contributed by atoms with Crippen LogP contribution in [-0.4, -0.2) is 59.4 Å². The molecule has 0 atom stereocenters. The number of hydrogen-bond acceptors (Lipinski definition) is 4. The Morgan fingerprint density at radius 1 is 1.17 bits per heavy atom. The fraction of sp³-hybridized carbons (Fsp3) is 0.412. The molecular formula is C17H21N3O4. The second kappa shape index (κ2) is 6.43. The monoisotopic (exact) mass is 331 g/mol. The summed E-state index contributed by atoms with van der Waals surface area (Å²) in [5.41, 5.74) is 2.20. The van der Waals surface area contributed by atoms with Crippen LogP contribution < -0.4 is 4.90 Å². The van der Waals surface area contributed by atoms with Crippen molar-refractivity contribution in [1.29, 1.82) is 0 Å². The van der Waals surface area contributed by atoms with Crippen molar-refractivity contribution in [2.45, 2.75) is 6.92 Å². The van der Waals surface area contributed by atoms with Crippen molar-refractivity contribution in [2.24, 2.45) is 7.05 Å². The molecule has 1 fully saturated rings. The SMILES string of the molecule is CCOC(=O)N1CCN(c2ccc3c(c2)cc(C(=O)O)n3C)CC1. The first-order valence-electron chi connectivity index (χ1n) is 8.00. The van der Waals surface area contributed by atoms with E-state index in [0.717, 1.165) is 29.7 Å². The van der Waals surface area contributed by atoms with Crippen LogP contribution in [0.5, 0.6) is 0 Å². The molecule has 2 aromatic rings. The van der Waals surface area contributed by atoms with Gasteiger partial charge in [0.2, 0.25) is 0 Å². The molecule has 3 rings (SSSR count). The van der Waals surface area contributed by atoms with Crippen LogP contribution in [0.4, 0.5) is 10.5 Å². The molecule has 1 aliphatic heterocycles. The molecule has 24 heavy (non-hydrogen) atoms. The van der Waals surface area contributed by atoms with E-state index in [4.69, 9.17) is 4.74 Å². The number of carboxylic acid groups (broad SMARTS) is 1. The Hall–Kier alpha value is -2.70. The van der Waals surface area contributed by atoms with Gasteiger partial charge in [0.1, 0.15) is 5.69 Å². The topological polar surface area (TPSA) is 75.0 Å². The Labute approximate surface area is 140 Å². The standard InChI is InChI=1S/C17H21N3O4/c1-3-24-17(23)20-8-6-19(7-9-20)13-4-5-14-12(10-13)11-15(16(21)22)18(14)2/h4-5,10-11H,3,6-9H2,1-2H3,(H,21,22). The number of nitrogens with zero attached hydrogens (tertiary/aromatic N) is 3. The molecule has 1 aliphatic rings. The number of aromatic nitrogens is 1. The highest BCUT2D eigenvalue weighted by Crippen LogP contribution is 2.25. The van der Waals surface area contributed by atoms with Crippen molar-refractivity contribution in [3.63, 3.8) is 0 Å². The zero-order valence-corrected chi connectivity index (χ0v) is 13.9. The van der Waals surface area contributed by atoms with E-state index in [2.05, 4.69) is 4.90 Å². The van der Waals surface area contributed by atoms with Gasteiger partial charge < -0.3 is 24.2 Å². The molecule has 7 heteroatoms. The second-order valence-corrected chi connectivity index (χ2v) is 5.81. The van der Waals surface area contributed by atoms with Gasteiger partial charge in [-0.3, -0.25) is 0 Å². The van der Waals surface area contributed by atoms with Crippen LogP contribution >= 0.6 is 0 Å². The van der Waals surface area contributed by atoms with E-state index in [0.29, 0.717) is 19.7 Å². The molecule has 7 nitrogen and oxygen atoms in total. The zero-order chi connectivity index (χ0) is 17.3. The van der Waals surface area contributed by atoms with Gasteiger partial charge in [0, 0.05) is 49.8 Å². The maximum Gasteiger partial charge on any atom is 0.409 e. The first-order valence-corrected chi connectivity index (χ1v) is 8.00. The Kier molecular flexibility index (Phi) is 4.33. The number of piperazine rings is 1. The summed E-state index contributed by atoms with van der Waals surface area (Å²) in [6, 6.07) is 7.63. The van der Waals surface area contributed by atoms with E-state index >= 15 is 0 Å². The van der Waals surface area contributed by atoms with Crippen molar-refractivity contribution in [3.05, 3.63) is 30.0 Å². The van der Waals surface area contributed by atoms with Crippen LogP contribution in [0.3, 0.4) is 0 Å². The Balaban J connectivity index is 1.76. The summed E-state index contributed by atoms with van der Waals surface area (Å²) in [5.74, 6) is -0.932. The van der Waals surface area contributed by atoms with Crippen LogP contribution in [0, 0.1) is 0 Å². The van der Waals surface area contributed by atoms with E-state index < -0.39 is 5.97 Å². The summed E-state index contributed by atoms with van der Waals surface area (Å²) in [6.45, 7) is 4.87. The molecule has 128 valence electrons. The molecule has 0 spiro atoms. The summed E-state index contributed by atoms with van der Waals surface area (Å²) in [5, 5.41) is 10.1. The third kappa shape index (κ3) is 2.89. The molecule has 1 aromatic carbocycles. The number of aromatic carboxylic acids is 1. The van der Waals surface area contributed by atoms with E-state index in [1.54, 1.807) is 29.5 Å². The maximum absolute atomic E-state index is 11.7. The normalized spacial score (nSPS) is 14.9. The number of carbonyl (C=O) groups excluding carboxylic acids is 1. The number of ether oxygens (including phenoxy) is 1. The second-order valence-electron chi connectivity index (χ2n) is 5.81. The summed E-state index contributed by atoms with van der Waals surface area (Å²) in [4.78, 5) is 26.9.